The van der Waals surface area contributed by atoms with Crippen LogP contribution in [0.1, 0.15) is 41.0 Å². The highest BCUT2D eigenvalue weighted by Gasteiger charge is 2.13. The maximum Gasteiger partial charge on any atom is 0.251 e. The molecule has 6 heteroatoms. The Hall–Kier alpha value is -2.94. The third-order valence-corrected chi connectivity index (χ3v) is 3.70. The number of amides is 1. The van der Waals surface area contributed by atoms with Gasteiger partial charge in [0.15, 0.2) is 5.82 Å². The average Bonchev–Trinajstić information content (AvgIpc) is 2.64. The molecule has 0 saturated carbocycles. The average molecular weight is 323 g/mol. The van der Waals surface area contributed by atoms with Crippen LogP contribution in [0.5, 0.6) is 0 Å². The number of anilines is 1. The first-order valence-electron chi connectivity index (χ1n) is 8.06. The number of aromatic nitrogens is 2. The van der Waals surface area contributed by atoms with Crippen molar-refractivity contribution in [2.45, 2.75) is 26.7 Å². The number of hydrogen-bond donors (Lipinski definition) is 2. The molecule has 0 aliphatic heterocycles. The Morgan fingerprint density at radius 3 is 2.50 bits per heavy atom. The van der Waals surface area contributed by atoms with Crippen LogP contribution in [0.15, 0.2) is 30.3 Å². The fourth-order valence-electron chi connectivity index (χ4n) is 2.47. The second-order valence-corrected chi connectivity index (χ2v) is 5.22. The monoisotopic (exact) mass is 323 g/mol. The number of rotatable bonds is 7. The van der Waals surface area contributed by atoms with Gasteiger partial charge in [0.2, 0.25) is 0 Å². The standard InChI is InChI=1S/C18H21N5O/c1-3-14-15(12-19)17(23-22-16(14)4-2)20-10-11-21-18(24)13-8-6-5-7-9-13/h5-9H,3-4,10-11H2,1-2H3,(H,20,23)(H,21,24). The molecule has 0 atom stereocenters. The predicted molar refractivity (Wildman–Crippen MR) is 92.8 cm³/mol. The topological polar surface area (TPSA) is 90.7 Å². The van der Waals surface area contributed by atoms with Crippen molar-refractivity contribution in [3.8, 4) is 6.07 Å². The van der Waals surface area contributed by atoms with E-state index >= 15 is 0 Å². The minimum Gasteiger partial charge on any atom is -0.366 e. The van der Waals surface area contributed by atoms with Gasteiger partial charge in [-0.1, -0.05) is 32.0 Å². The summed E-state index contributed by atoms with van der Waals surface area (Å²) in [5.41, 5.74) is 2.96. The molecule has 1 amide bonds. The third kappa shape index (κ3) is 4.07. The van der Waals surface area contributed by atoms with Crippen LogP contribution in [0.25, 0.3) is 0 Å². The summed E-state index contributed by atoms with van der Waals surface area (Å²) >= 11 is 0. The lowest BCUT2D eigenvalue weighted by Gasteiger charge is -2.12. The summed E-state index contributed by atoms with van der Waals surface area (Å²) in [6.45, 7) is 4.89. The summed E-state index contributed by atoms with van der Waals surface area (Å²) < 4.78 is 0. The summed E-state index contributed by atoms with van der Waals surface area (Å²) in [5.74, 6) is 0.347. The fraction of sp³-hybridized carbons (Fsp3) is 0.333. The Morgan fingerprint density at radius 1 is 1.12 bits per heavy atom. The van der Waals surface area contributed by atoms with Gasteiger partial charge in [-0.3, -0.25) is 4.79 Å². The van der Waals surface area contributed by atoms with Gasteiger partial charge < -0.3 is 10.6 Å². The van der Waals surface area contributed by atoms with Crippen LogP contribution in [-0.2, 0) is 12.8 Å². The van der Waals surface area contributed by atoms with Crippen molar-refractivity contribution >= 4 is 11.7 Å². The minimum absolute atomic E-state index is 0.125. The van der Waals surface area contributed by atoms with E-state index in [1.807, 2.05) is 32.0 Å². The number of aryl methyl sites for hydroxylation is 1. The van der Waals surface area contributed by atoms with Crippen molar-refractivity contribution in [2.24, 2.45) is 0 Å². The number of benzene rings is 1. The first kappa shape index (κ1) is 17.4. The Labute approximate surface area is 141 Å². The van der Waals surface area contributed by atoms with Crippen molar-refractivity contribution in [3.05, 3.63) is 52.7 Å². The maximum absolute atomic E-state index is 11.9. The molecule has 0 saturated heterocycles. The molecule has 0 aliphatic rings. The van der Waals surface area contributed by atoms with Crippen LogP contribution >= 0.6 is 0 Å². The summed E-state index contributed by atoms with van der Waals surface area (Å²) in [7, 11) is 0. The normalized spacial score (nSPS) is 10.0. The van der Waals surface area contributed by atoms with Gasteiger partial charge in [0, 0.05) is 18.7 Å². The SMILES string of the molecule is CCc1nnc(NCCNC(=O)c2ccccc2)c(C#N)c1CC. The fourth-order valence-corrected chi connectivity index (χ4v) is 2.47. The lowest BCUT2D eigenvalue weighted by molar-refractivity contribution is 0.0955. The lowest BCUT2D eigenvalue weighted by Crippen LogP contribution is -2.29. The second kappa shape index (κ2) is 8.63. The third-order valence-electron chi connectivity index (χ3n) is 3.70. The van der Waals surface area contributed by atoms with E-state index in [2.05, 4.69) is 26.9 Å². The molecule has 0 bridgehead atoms. The van der Waals surface area contributed by atoms with Gasteiger partial charge in [-0.15, -0.1) is 5.10 Å². The molecule has 2 rings (SSSR count). The molecular formula is C18H21N5O. The molecule has 2 aromatic rings. The molecular weight excluding hydrogens is 302 g/mol. The molecule has 6 nitrogen and oxygen atoms in total. The van der Waals surface area contributed by atoms with Crippen molar-refractivity contribution in [1.29, 1.82) is 5.26 Å². The molecule has 0 unspecified atom stereocenters. The molecule has 0 aliphatic carbocycles. The summed E-state index contributed by atoms with van der Waals surface area (Å²) in [4.78, 5) is 11.9. The van der Waals surface area contributed by atoms with Crippen LogP contribution < -0.4 is 10.6 Å². The first-order valence-corrected chi connectivity index (χ1v) is 8.06. The molecule has 1 aromatic heterocycles. The zero-order chi connectivity index (χ0) is 17.4. The Morgan fingerprint density at radius 2 is 1.88 bits per heavy atom. The van der Waals surface area contributed by atoms with E-state index in [1.54, 1.807) is 12.1 Å². The van der Waals surface area contributed by atoms with E-state index in [-0.39, 0.29) is 5.91 Å². The summed E-state index contributed by atoms with van der Waals surface area (Å²) in [6.07, 6.45) is 1.49. The molecule has 1 heterocycles. The zero-order valence-corrected chi connectivity index (χ0v) is 14.0. The van der Waals surface area contributed by atoms with E-state index in [0.717, 1.165) is 24.1 Å². The van der Waals surface area contributed by atoms with E-state index in [4.69, 9.17) is 0 Å². The van der Waals surface area contributed by atoms with Gasteiger partial charge >= 0.3 is 0 Å². The van der Waals surface area contributed by atoms with Crippen LogP contribution in [-0.4, -0.2) is 29.2 Å². The highest BCUT2D eigenvalue weighted by Crippen LogP contribution is 2.19. The number of nitriles is 1. The van der Waals surface area contributed by atoms with Gasteiger partial charge in [-0.25, -0.2) is 0 Å². The summed E-state index contributed by atoms with van der Waals surface area (Å²) in [6, 6.07) is 11.3. The quantitative estimate of drug-likeness (QED) is 0.763. The van der Waals surface area contributed by atoms with Gasteiger partial charge in [0.25, 0.3) is 5.91 Å². The number of carbonyl (C=O) groups is 1. The van der Waals surface area contributed by atoms with Crippen molar-refractivity contribution in [1.82, 2.24) is 15.5 Å². The molecule has 2 N–H and O–H groups in total. The van der Waals surface area contributed by atoms with Crippen LogP contribution in [0.3, 0.4) is 0 Å². The maximum atomic E-state index is 11.9. The Bertz CT molecular complexity index is 737. The lowest BCUT2D eigenvalue weighted by atomic mass is 10.0. The Balaban J connectivity index is 1.95. The molecule has 1 aromatic carbocycles. The first-order chi connectivity index (χ1) is 11.7. The highest BCUT2D eigenvalue weighted by atomic mass is 16.1. The highest BCUT2D eigenvalue weighted by molar-refractivity contribution is 5.94. The van der Waals surface area contributed by atoms with E-state index < -0.39 is 0 Å². The van der Waals surface area contributed by atoms with Crippen LogP contribution in [0.4, 0.5) is 5.82 Å². The largest absolute Gasteiger partial charge is 0.366 e. The zero-order valence-electron chi connectivity index (χ0n) is 14.0. The number of nitrogens with one attached hydrogen (secondary N) is 2. The van der Waals surface area contributed by atoms with Crippen molar-refractivity contribution in [2.75, 3.05) is 18.4 Å². The number of hydrogen-bond acceptors (Lipinski definition) is 5. The van der Waals surface area contributed by atoms with Crippen LogP contribution in [0.2, 0.25) is 0 Å². The van der Waals surface area contributed by atoms with Gasteiger partial charge in [-0.05, 0) is 30.5 Å². The molecule has 0 radical (unpaired) electrons. The number of nitrogens with zero attached hydrogens (tertiary/aromatic N) is 3. The van der Waals surface area contributed by atoms with Gasteiger partial charge in [0.1, 0.15) is 11.6 Å². The molecule has 0 fully saturated rings. The smallest absolute Gasteiger partial charge is 0.251 e. The van der Waals surface area contributed by atoms with Crippen molar-refractivity contribution in [3.63, 3.8) is 0 Å². The van der Waals surface area contributed by atoms with Gasteiger partial charge in [-0.2, -0.15) is 10.4 Å². The van der Waals surface area contributed by atoms with Crippen molar-refractivity contribution < 1.29 is 4.79 Å². The van der Waals surface area contributed by atoms with Gasteiger partial charge in [0.05, 0.1) is 5.69 Å². The van der Waals surface area contributed by atoms with E-state index in [1.165, 1.54) is 0 Å². The van der Waals surface area contributed by atoms with E-state index in [9.17, 15) is 10.1 Å². The Kier molecular flexibility index (Phi) is 6.26. The second-order valence-electron chi connectivity index (χ2n) is 5.22. The minimum atomic E-state index is -0.125. The number of carbonyl (C=O) groups excluding carboxylic acids is 1. The van der Waals surface area contributed by atoms with E-state index in [0.29, 0.717) is 30.0 Å². The molecule has 124 valence electrons. The molecule has 24 heavy (non-hydrogen) atoms. The summed E-state index contributed by atoms with van der Waals surface area (Å²) in [5, 5.41) is 23.6. The molecule has 0 spiro atoms. The predicted octanol–water partition coefficient (Wildman–Crippen LogP) is 2.31. The van der Waals surface area contributed by atoms with Crippen LogP contribution in [0, 0.1) is 11.3 Å².